The van der Waals surface area contributed by atoms with Crippen LogP contribution in [-0.2, 0) is 0 Å². The number of hydrogen-bond acceptors (Lipinski definition) is 3. The van der Waals surface area contributed by atoms with Crippen LogP contribution in [0.1, 0.15) is 15.9 Å². The lowest BCUT2D eigenvalue weighted by molar-refractivity contribution is 0.102. The monoisotopic (exact) mass is 406 g/mol. The van der Waals surface area contributed by atoms with Crippen molar-refractivity contribution in [3.05, 3.63) is 100 Å². The number of halogens is 2. The van der Waals surface area contributed by atoms with Crippen LogP contribution < -0.4 is 10.9 Å². The number of aryl methyl sites for hydroxylation is 1. The predicted octanol–water partition coefficient (Wildman–Crippen LogP) is 6.02. The second kappa shape index (κ2) is 7.89. The van der Waals surface area contributed by atoms with E-state index in [0.717, 1.165) is 10.9 Å². The van der Waals surface area contributed by atoms with E-state index in [9.17, 15) is 9.18 Å². The highest BCUT2D eigenvalue weighted by molar-refractivity contribution is 6.30. The average molecular weight is 407 g/mol. The van der Waals surface area contributed by atoms with Gasteiger partial charge in [0.15, 0.2) is 0 Å². The summed E-state index contributed by atoms with van der Waals surface area (Å²) in [5, 5.41) is 3.92. The SMILES string of the molecule is Cc1ccccc1NC(=O)c1cc2ccccc2oc1=Nc1cc(Cl)ccc1F. The zero-order valence-electron chi connectivity index (χ0n) is 15.4. The molecule has 4 rings (SSSR count). The molecule has 0 radical (unpaired) electrons. The molecule has 0 bridgehead atoms. The number of fused-ring (bicyclic) bond motifs is 1. The molecule has 0 saturated carbocycles. The molecule has 0 fully saturated rings. The van der Waals surface area contributed by atoms with Crippen molar-refractivity contribution in [3.8, 4) is 0 Å². The van der Waals surface area contributed by atoms with Gasteiger partial charge in [-0.3, -0.25) is 4.79 Å². The molecule has 0 aliphatic carbocycles. The third kappa shape index (κ3) is 4.05. The lowest BCUT2D eigenvalue weighted by Gasteiger charge is -2.09. The Balaban J connectivity index is 1.89. The fourth-order valence-corrected chi connectivity index (χ4v) is 3.06. The number of carbonyl (C=O) groups excluding carboxylic acids is 1. The van der Waals surface area contributed by atoms with Crippen LogP contribution in [-0.4, -0.2) is 5.91 Å². The quantitative estimate of drug-likeness (QED) is 0.452. The highest BCUT2D eigenvalue weighted by atomic mass is 35.5. The van der Waals surface area contributed by atoms with E-state index in [1.165, 1.54) is 18.2 Å². The van der Waals surface area contributed by atoms with Gasteiger partial charge in [0.05, 0.1) is 0 Å². The predicted molar refractivity (Wildman–Crippen MR) is 112 cm³/mol. The van der Waals surface area contributed by atoms with E-state index in [4.69, 9.17) is 16.0 Å². The van der Waals surface area contributed by atoms with Crippen LogP contribution in [0.2, 0.25) is 5.02 Å². The number of nitrogens with one attached hydrogen (secondary N) is 1. The van der Waals surface area contributed by atoms with E-state index in [2.05, 4.69) is 10.3 Å². The minimum absolute atomic E-state index is 0.00375. The average Bonchev–Trinajstić information content (AvgIpc) is 2.72. The van der Waals surface area contributed by atoms with Crippen LogP contribution in [0.15, 0.2) is 82.2 Å². The van der Waals surface area contributed by atoms with Gasteiger partial charge in [0.1, 0.15) is 22.7 Å². The molecule has 0 unspecified atom stereocenters. The summed E-state index contributed by atoms with van der Waals surface area (Å²) in [7, 11) is 0. The van der Waals surface area contributed by atoms with Gasteiger partial charge < -0.3 is 9.73 Å². The van der Waals surface area contributed by atoms with Crippen LogP contribution >= 0.6 is 11.6 Å². The fourth-order valence-electron chi connectivity index (χ4n) is 2.90. The number of benzene rings is 3. The Morgan fingerprint density at radius 1 is 1.03 bits per heavy atom. The molecule has 1 aromatic heterocycles. The van der Waals surface area contributed by atoms with Crippen LogP contribution in [0.5, 0.6) is 0 Å². The summed E-state index contributed by atoms with van der Waals surface area (Å²) < 4.78 is 20.1. The number of nitrogens with zero attached hydrogens (tertiary/aromatic N) is 1. The summed E-state index contributed by atoms with van der Waals surface area (Å²) >= 11 is 5.97. The van der Waals surface area contributed by atoms with Crippen molar-refractivity contribution < 1.29 is 13.6 Å². The van der Waals surface area contributed by atoms with Crippen LogP contribution in [0.25, 0.3) is 11.0 Å². The molecule has 29 heavy (non-hydrogen) atoms. The molecule has 3 aromatic carbocycles. The highest BCUT2D eigenvalue weighted by Gasteiger charge is 2.14. The van der Waals surface area contributed by atoms with Crippen LogP contribution in [0.4, 0.5) is 15.8 Å². The Morgan fingerprint density at radius 3 is 2.62 bits per heavy atom. The van der Waals surface area contributed by atoms with Crippen LogP contribution in [0.3, 0.4) is 0 Å². The third-order valence-electron chi connectivity index (χ3n) is 4.42. The summed E-state index contributed by atoms with van der Waals surface area (Å²) in [5.41, 5.74) is 2.29. The molecule has 0 aliphatic rings. The van der Waals surface area contributed by atoms with E-state index in [-0.39, 0.29) is 16.8 Å². The van der Waals surface area contributed by atoms with E-state index in [0.29, 0.717) is 16.3 Å². The van der Waals surface area contributed by atoms with Crippen molar-refractivity contribution in [1.29, 1.82) is 0 Å². The standard InChI is InChI=1S/C23H16ClFN2O2/c1-14-6-2-4-8-19(14)26-22(28)17-12-15-7-3-5-9-21(15)29-23(17)27-20-13-16(24)10-11-18(20)25/h2-13H,1H3,(H,26,28). The first-order valence-electron chi connectivity index (χ1n) is 8.91. The van der Waals surface area contributed by atoms with Gasteiger partial charge in [-0.1, -0.05) is 48.0 Å². The number of rotatable bonds is 3. The highest BCUT2D eigenvalue weighted by Crippen LogP contribution is 2.23. The first kappa shape index (κ1) is 18.9. The normalized spacial score (nSPS) is 11.6. The summed E-state index contributed by atoms with van der Waals surface area (Å²) in [6.45, 7) is 1.90. The zero-order chi connectivity index (χ0) is 20.4. The molecule has 6 heteroatoms. The topological polar surface area (TPSA) is 54.6 Å². The van der Waals surface area contributed by atoms with E-state index >= 15 is 0 Å². The fraction of sp³-hybridized carbons (Fsp3) is 0.0435. The van der Waals surface area contributed by atoms with E-state index in [1.54, 1.807) is 18.2 Å². The van der Waals surface area contributed by atoms with Crippen molar-refractivity contribution in [1.82, 2.24) is 0 Å². The molecule has 0 atom stereocenters. The Labute approximate surface area is 171 Å². The Morgan fingerprint density at radius 2 is 1.79 bits per heavy atom. The molecule has 0 spiro atoms. The van der Waals surface area contributed by atoms with Crippen molar-refractivity contribution >= 4 is 39.9 Å². The molecule has 4 aromatic rings. The first-order valence-corrected chi connectivity index (χ1v) is 9.29. The van der Waals surface area contributed by atoms with Crippen molar-refractivity contribution in [2.24, 2.45) is 4.99 Å². The summed E-state index contributed by atoms with van der Waals surface area (Å²) in [6.07, 6.45) is 0. The Hall–Kier alpha value is -3.44. The van der Waals surface area contributed by atoms with E-state index < -0.39 is 11.7 Å². The maximum absolute atomic E-state index is 14.2. The molecular weight excluding hydrogens is 391 g/mol. The summed E-state index contributed by atoms with van der Waals surface area (Å²) in [5.74, 6) is -0.974. The minimum atomic E-state index is -0.567. The molecular formula is C23H16ClFN2O2. The molecule has 1 heterocycles. The molecule has 144 valence electrons. The van der Waals surface area contributed by atoms with Gasteiger partial charge in [-0.05, 0) is 48.9 Å². The number of para-hydroxylation sites is 2. The number of carbonyl (C=O) groups is 1. The Kier molecular flexibility index (Phi) is 5.14. The molecule has 0 saturated heterocycles. The molecule has 4 nitrogen and oxygen atoms in total. The van der Waals surface area contributed by atoms with Gasteiger partial charge in [0, 0.05) is 16.1 Å². The van der Waals surface area contributed by atoms with Gasteiger partial charge in [-0.2, -0.15) is 0 Å². The second-order valence-corrected chi connectivity index (χ2v) is 6.92. The maximum atomic E-state index is 14.2. The van der Waals surface area contributed by atoms with Gasteiger partial charge in [0.2, 0.25) is 5.55 Å². The van der Waals surface area contributed by atoms with Gasteiger partial charge in [-0.25, -0.2) is 9.38 Å². The zero-order valence-corrected chi connectivity index (χ0v) is 16.2. The lowest BCUT2D eigenvalue weighted by atomic mass is 10.1. The van der Waals surface area contributed by atoms with E-state index in [1.807, 2.05) is 43.3 Å². The number of amides is 1. The van der Waals surface area contributed by atoms with Gasteiger partial charge in [-0.15, -0.1) is 0 Å². The summed E-state index contributed by atoms with van der Waals surface area (Å²) in [6, 6.07) is 20.4. The van der Waals surface area contributed by atoms with Crippen molar-refractivity contribution in [2.75, 3.05) is 5.32 Å². The molecule has 1 N–H and O–H groups in total. The Bertz CT molecular complexity index is 1300. The molecule has 0 aliphatic heterocycles. The van der Waals surface area contributed by atoms with Gasteiger partial charge in [0.25, 0.3) is 5.91 Å². The molecule has 1 amide bonds. The maximum Gasteiger partial charge on any atom is 0.261 e. The summed E-state index contributed by atoms with van der Waals surface area (Å²) in [4.78, 5) is 17.3. The minimum Gasteiger partial charge on any atom is -0.438 e. The van der Waals surface area contributed by atoms with Crippen LogP contribution in [0, 0.1) is 12.7 Å². The smallest absolute Gasteiger partial charge is 0.261 e. The van der Waals surface area contributed by atoms with Crippen molar-refractivity contribution in [2.45, 2.75) is 6.92 Å². The third-order valence-corrected chi connectivity index (χ3v) is 4.66. The first-order chi connectivity index (χ1) is 14.0. The second-order valence-electron chi connectivity index (χ2n) is 6.48. The lowest BCUT2D eigenvalue weighted by Crippen LogP contribution is -2.22. The van der Waals surface area contributed by atoms with Crippen molar-refractivity contribution in [3.63, 3.8) is 0 Å². The van der Waals surface area contributed by atoms with Gasteiger partial charge >= 0.3 is 0 Å². The largest absolute Gasteiger partial charge is 0.438 e. The number of hydrogen-bond donors (Lipinski definition) is 1. The number of anilines is 1.